The quantitative estimate of drug-likeness (QED) is 0.877. The summed E-state index contributed by atoms with van der Waals surface area (Å²) in [6, 6.07) is 5.56. The Morgan fingerprint density at radius 1 is 1.33 bits per heavy atom. The molecule has 1 N–H and O–H groups in total. The number of hydrogen-bond acceptors (Lipinski definition) is 2. The van der Waals surface area contributed by atoms with Gasteiger partial charge in [-0.2, -0.15) is 5.26 Å². The van der Waals surface area contributed by atoms with E-state index in [9.17, 15) is 13.6 Å². The van der Waals surface area contributed by atoms with Crippen molar-refractivity contribution in [3.63, 3.8) is 0 Å². The highest BCUT2D eigenvalue weighted by Gasteiger charge is 2.41. The largest absolute Gasteiger partial charge is 0.322 e. The van der Waals surface area contributed by atoms with Gasteiger partial charge in [0.05, 0.1) is 11.8 Å². The van der Waals surface area contributed by atoms with Gasteiger partial charge in [-0.1, -0.05) is 18.9 Å². The van der Waals surface area contributed by atoms with Gasteiger partial charge in [0.15, 0.2) is 11.6 Å². The van der Waals surface area contributed by atoms with E-state index in [1.54, 1.807) is 0 Å². The summed E-state index contributed by atoms with van der Waals surface area (Å²) < 4.78 is 26.4. The molecule has 0 spiro atoms. The monoisotopic (exact) mass is 250 g/mol. The molecular weight excluding hydrogens is 238 g/mol. The SMILES string of the molecule is N#CC1(C(=O)Nc2cccc(F)c2F)CCCC1. The van der Waals surface area contributed by atoms with E-state index in [0.717, 1.165) is 18.9 Å². The highest BCUT2D eigenvalue weighted by atomic mass is 19.2. The molecule has 1 aromatic carbocycles. The topological polar surface area (TPSA) is 52.9 Å². The number of halogens is 2. The Balaban J connectivity index is 2.22. The van der Waals surface area contributed by atoms with Crippen LogP contribution in [0.25, 0.3) is 0 Å². The van der Waals surface area contributed by atoms with Crippen LogP contribution < -0.4 is 5.32 Å². The molecule has 1 fully saturated rings. The summed E-state index contributed by atoms with van der Waals surface area (Å²) in [4.78, 5) is 12.0. The summed E-state index contributed by atoms with van der Waals surface area (Å²) in [5.41, 5.74) is -1.32. The Kier molecular flexibility index (Phi) is 3.28. The zero-order valence-corrected chi connectivity index (χ0v) is 9.67. The lowest BCUT2D eigenvalue weighted by Gasteiger charge is -2.19. The lowest BCUT2D eigenvalue weighted by atomic mass is 9.87. The van der Waals surface area contributed by atoms with Crippen molar-refractivity contribution < 1.29 is 13.6 Å². The molecule has 1 saturated carbocycles. The fourth-order valence-electron chi connectivity index (χ4n) is 2.21. The van der Waals surface area contributed by atoms with E-state index in [0.29, 0.717) is 12.8 Å². The molecule has 1 amide bonds. The number of benzene rings is 1. The second kappa shape index (κ2) is 4.73. The van der Waals surface area contributed by atoms with E-state index in [-0.39, 0.29) is 5.69 Å². The molecule has 0 saturated heterocycles. The predicted molar refractivity (Wildman–Crippen MR) is 61.5 cm³/mol. The van der Waals surface area contributed by atoms with Crippen molar-refractivity contribution in [3.8, 4) is 6.07 Å². The van der Waals surface area contributed by atoms with Crippen molar-refractivity contribution in [1.29, 1.82) is 5.26 Å². The summed E-state index contributed by atoms with van der Waals surface area (Å²) in [6.45, 7) is 0. The molecule has 0 aromatic heterocycles. The van der Waals surface area contributed by atoms with E-state index >= 15 is 0 Å². The highest BCUT2D eigenvalue weighted by molar-refractivity contribution is 5.97. The molecule has 0 bridgehead atoms. The lowest BCUT2D eigenvalue weighted by molar-refractivity contribution is -0.122. The van der Waals surface area contributed by atoms with Crippen LogP contribution in [0.2, 0.25) is 0 Å². The van der Waals surface area contributed by atoms with Crippen molar-refractivity contribution in [2.75, 3.05) is 5.32 Å². The Morgan fingerprint density at radius 3 is 2.61 bits per heavy atom. The molecule has 2 rings (SSSR count). The summed E-state index contributed by atoms with van der Waals surface area (Å²) in [7, 11) is 0. The first-order valence-electron chi connectivity index (χ1n) is 5.76. The van der Waals surface area contributed by atoms with Crippen LogP contribution in [-0.4, -0.2) is 5.91 Å². The normalized spacial score (nSPS) is 17.2. The number of anilines is 1. The zero-order valence-electron chi connectivity index (χ0n) is 9.67. The molecule has 3 nitrogen and oxygen atoms in total. The van der Waals surface area contributed by atoms with Gasteiger partial charge in [-0.05, 0) is 25.0 Å². The van der Waals surface area contributed by atoms with E-state index in [1.807, 2.05) is 6.07 Å². The fourth-order valence-corrected chi connectivity index (χ4v) is 2.21. The number of rotatable bonds is 2. The minimum Gasteiger partial charge on any atom is -0.322 e. The molecule has 5 heteroatoms. The first-order valence-corrected chi connectivity index (χ1v) is 5.76. The minimum absolute atomic E-state index is 0.221. The van der Waals surface area contributed by atoms with Crippen LogP contribution in [0.3, 0.4) is 0 Å². The molecule has 0 radical (unpaired) electrons. The van der Waals surface area contributed by atoms with Gasteiger partial charge < -0.3 is 5.32 Å². The van der Waals surface area contributed by atoms with Crippen LogP contribution in [0.4, 0.5) is 14.5 Å². The third-order valence-electron chi connectivity index (χ3n) is 3.31. The maximum Gasteiger partial charge on any atom is 0.244 e. The van der Waals surface area contributed by atoms with Crippen molar-refractivity contribution >= 4 is 11.6 Å². The summed E-state index contributed by atoms with van der Waals surface area (Å²) >= 11 is 0. The molecule has 18 heavy (non-hydrogen) atoms. The van der Waals surface area contributed by atoms with E-state index in [4.69, 9.17) is 5.26 Å². The van der Waals surface area contributed by atoms with E-state index in [1.165, 1.54) is 12.1 Å². The predicted octanol–water partition coefficient (Wildman–Crippen LogP) is 2.99. The van der Waals surface area contributed by atoms with Gasteiger partial charge in [0.1, 0.15) is 5.41 Å². The van der Waals surface area contributed by atoms with Gasteiger partial charge in [-0.25, -0.2) is 8.78 Å². The van der Waals surface area contributed by atoms with Crippen LogP contribution in [0.1, 0.15) is 25.7 Å². The summed E-state index contributed by atoms with van der Waals surface area (Å²) in [5.74, 6) is -2.67. The van der Waals surface area contributed by atoms with Gasteiger partial charge >= 0.3 is 0 Å². The number of amides is 1. The Hall–Kier alpha value is -1.96. The zero-order chi connectivity index (χ0) is 13.2. The summed E-state index contributed by atoms with van der Waals surface area (Å²) in [6.07, 6.45) is 2.53. The third-order valence-corrected chi connectivity index (χ3v) is 3.31. The van der Waals surface area contributed by atoms with Crippen molar-refractivity contribution in [2.45, 2.75) is 25.7 Å². The Morgan fingerprint density at radius 2 is 2.00 bits per heavy atom. The molecule has 1 aliphatic carbocycles. The lowest BCUT2D eigenvalue weighted by Crippen LogP contribution is -2.32. The van der Waals surface area contributed by atoms with Crippen molar-refractivity contribution in [2.24, 2.45) is 5.41 Å². The van der Waals surface area contributed by atoms with Gasteiger partial charge in [0.25, 0.3) is 0 Å². The maximum absolute atomic E-state index is 13.4. The molecule has 0 unspecified atom stereocenters. The smallest absolute Gasteiger partial charge is 0.244 e. The molecule has 0 atom stereocenters. The second-order valence-electron chi connectivity index (χ2n) is 4.46. The van der Waals surface area contributed by atoms with E-state index in [2.05, 4.69) is 5.32 Å². The average Bonchev–Trinajstić information content (AvgIpc) is 2.85. The van der Waals surface area contributed by atoms with Crippen LogP contribution in [-0.2, 0) is 4.79 Å². The maximum atomic E-state index is 13.4. The minimum atomic E-state index is -1.10. The van der Waals surface area contributed by atoms with E-state index < -0.39 is 23.0 Å². The number of nitrogens with zero attached hydrogens (tertiary/aromatic N) is 1. The second-order valence-corrected chi connectivity index (χ2v) is 4.46. The molecule has 0 aliphatic heterocycles. The first-order chi connectivity index (χ1) is 8.59. The van der Waals surface area contributed by atoms with Crippen molar-refractivity contribution in [1.82, 2.24) is 0 Å². The number of hydrogen-bond donors (Lipinski definition) is 1. The number of carbonyl (C=O) groups is 1. The standard InChI is InChI=1S/C13H12F2N2O/c14-9-4-3-5-10(11(9)15)17-12(18)13(8-16)6-1-2-7-13/h3-5H,1-2,6-7H2,(H,17,18). The van der Waals surface area contributed by atoms with Crippen LogP contribution >= 0.6 is 0 Å². The molecular formula is C13H12F2N2O. The molecule has 0 heterocycles. The van der Waals surface area contributed by atoms with Crippen molar-refractivity contribution in [3.05, 3.63) is 29.8 Å². The third kappa shape index (κ3) is 2.06. The number of carbonyl (C=O) groups excluding carboxylic acids is 1. The van der Waals surface area contributed by atoms with Crippen LogP contribution in [0.15, 0.2) is 18.2 Å². The number of nitriles is 1. The number of nitrogens with one attached hydrogen (secondary N) is 1. The molecule has 1 aliphatic rings. The highest BCUT2D eigenvalue weighted by Crippen LogP contribution is 2.38. The van der Waals surface area contributed by atoms with Gasteiger partial charge in [-0.3, -0.25) is 4.79 Å². The average molecular weight is 250 g/mol. The molecule has 1 aromatic rings. The fraction of sp³-hybridized carbons (Fsp3) is 0.385. The van der Waals surface area contributed by atoms with Crippen LogP contribution in [0, 0.1) is 28.4 Å². The van der Waals surface area contributed by atoms with Gasteiger partial charge in [-0.15, -0.1) is 0 Å². The summed E-state index contributed by atoms with van der Waals surface area (Å²) in [5, 5.41) is 11.4. The first kappa shape index (κ1) is 12.5. The van der Waals surface area contributed by atoms with Crippen LogP contribution in [0.5, 0.6) is 0 Å². The van der Waals surface area contributed by atoms with Gasteiger partial charge in [0.2, 0.25) is 5.91 Å². The van der Waals surface area contributed by atoms with Gasteiger partial charge in [0, 0.05) is 0 Å². The Bertz CT molecular complexity index is 516. The molecule has 94 valence electrons. The Labute approximate surface area is 103 Å².